The minimum atomic E-state index is -0.391. The molecule has 1 aliphatic heterocycles. The molecule has 0 saturated heterocycles. The second-order valence-electron chi connectivity index (χ2n) is 6.57. The van der Waals surface area contributed by atoms with Gasteiger partial charge in [0.15, 0.2) is 22.5 Å². The van der Waals surface area contributed by atoms with Crippen molar-refractivity contribution in [1.82, 2.24) is 20.1 Å². The molecule has 31 heavy (non-hydrogen) atoms. The Labute approximate surface area is 181 Å². The number of carbonyl (C=O) groups excluding carboxylic acids is 1. The molecule has 2 heterocycles. The third kappa shape index (κ3) is 4.45. The average molecular weight is 441 g/mol. The molecule has 1 amide bonds. The summed E-state index contributed by atoms with van der Waals surface area (Å²) >= 11 is 1.36. The van der Waals surface area contributed by atoms with Crippen molar-refractivity contribution < 1.29 is 19.2 Å². The van der Waals surface area contributed by atoms with Crippen LogP contribution >= 0.6 is 11.8 Å². The summed E-state index contributed by atoms with van der Waals surface area (Å²) in [6.07, 6.45) is 0. The molecule has 160 valence electrons. The Morgan fingerprint density at radius 2 is 2.03 bits per heavy atom. The van der Waals surface area contributed by atoms with Crippen LogP contribution < -0.4 is 14.8 Å². The number of aromatic nitrogens is 3. The van der Waals surface area contributed by atoms with Crippen molar-refractivity contribution in [3.05, 3.63) is 69.5 Å². The summed E-state index contributed by atoms with van der Waals surface area (Å²) in [6, 6.07) is 11.6. The number of para-hydroxylation sites is 1. The minimum Gasteiger partial charge on any atom is -0.454 e. The molecule has 0 unspecified atom stereocenters. The van der Waals surface area contributed by atoms with E-state index >= 15 is 0 Å². The largest absolute Gasteiger partial charge is 0.454 e. The molecule has 0 saturated carbocycles. The minimum absolute atomic E-state index is 0.0776. The fourth-order valence-electron chi connectivity index (χ4n) is 3.13. The second-order valence-corrected chi connectivity index (χ2v) is 7.51. The normalized spacial score (nSPS) is 12.0. The molecule has 0 radical (unpaired) electrons. The van der Waals surface area contributed by atoms with Crippen molar-refractivity contribution >= 4 is 23.4 Å². The number of nitro groups is 1. The number of amides is 1. The van der Waals surface area contributed by atoms with Crippen LogP contribution in [0.1, 0.15) is 28.7 Å². The molecule has 0 atom stereocenters. The summed E-state index contributed by atoms with van der Waals surface area (Å²) in [7, 11) is 0. The molecule has 3 aromatic rings. The molecule has 10 nitrogen and oxygen atoms in total. The Bertz CT molecular complexity index is 1130. The lowest BCUT2D eigenvalue weighted by Gasteiger charge is -2.09. The van der Waals surface area contributed by atoms with E-state index in [9.17, 15) is 14.9 Å². The van der Waals surface area contributed by atoms with Gasteiger partial charge in [0.2, 0.25) is 6.79 Å². The number of carbonyl (C=O) groups is 1. The van der Waals surface area contributed by atoms with Gasteiger partial charge >= 0.3 is 0 Å². The van der Waals surface area contributed by atoms with Crippen LogP contribution in [-0.4, -0.2) is 32.4 Å². The number of rotatable bonds is 8. The number of thioether (sulfide) groups is 1. The van der Waals surface area contributed by atoms with E-state index < -0.39 is 4.92 Å². The summed E-state index contributed by atoms with van der Waals surface area (Å²) in [5.41, 5.74) is 1.15. The van der Waals surface area contributed by atoms with Crippen LogP contribution in [0.4, 0.5) is 5.69 Å². The Morgan fingerprint density at radius 1 is 1.23 bits per heavy atom. The van der Waals surface area contributed by atoms with Crippen molar-refractivity contribution in [2.24, 2.45) is 0 Å². The van der Waals surface area contributed by atoms with Crippen molar-refractivity contribution in [2.45, 2.75) is 30.9 Å². The molecular formula is C20H19N5O5S. The standard InChI is InChI=1S/C20H19N5O5S/c1-2-24-18(10-21-19(26)13-7-8-16-17(9-13)30-12-29-16)22-23-20(24)31-11-14-5-3-4-6-15(14)25(27)28/h3-9H,2,10-12H2,1H3,(H,21,26). The summed E-state index contributed by atoms with van der Waals surface area (Å²) < 4.78 is 12.4. The predicted molar refractivity (Wildman–Crippen MR) is 112 cm³/mol. The molecule has 0 aliphatic carbocycles. The van der Waals surface area contributed by atoms with Crippen LogP contribution in [0.2, 0.25) is 0 Å². The summed E-state index contributed by atoms with van der Waals surface area (Å²) in [5.74, 6) is 1.87. The number of nitro benzene ring substituents is 1. The topological polar surface area (TPSA) is 121 Å². The number of hydrogen-bond acceptors (Lipinski definition) is 8. The van der Waals surface area contributed by atoms with E-state index in [0.717, 1.165) is 0 Å². The van der Waals surface area contributed by atoms with Gasteiger partial charge in [0.25, 0.3) is 11.6 Å². The van der Waals surface area contributed by atoms with Crippen molar-refractivity contribution in [3.8, 4) is 11.5 Å². The van der Waals surface area contributed by atoms with Crippen LogP contribution in [-0.2, 0) is 18.8 Å². The molecule has 1 N–H and O–H groups in total. The van der Waals surface area contributed by atoms with Crippen LogP contribution in [0.5, 0.6) is 11.5 Å². The zero-order chi connectivity index (χ0) is 21.8. The van der Waals surface area contributed by atoms with Gasteiger partial charge in [-0.25, -0.2) is 0 Å². The van der Waals surface area contributed by atoms with Gasteiger partial charge < -0.3 is 19.4 Å². The maximum Gasteiger partial charge on any atom is 0.273 e. The highest BCUT2D eigenvalue weighted by Gasteiger charge is 2.18. The smallest absolute Gasteiger partial charge is 0.273 e. The molecular weight excluding hydrogens is 422 g/mol. The Kier molecular flexibility index (Phi) is 6.03. The van der Waals surface area contributed by atoms with Crippen LogP contribution in [0.3, 0.4) is 0 Å². The number of nitrogens with zero attached hydrogens (tertiary/aromatic N) is 4. The number of hydrogen-bond donors (Lipinski definition) is 1. The lowest BCUT2D eigenvalue weighted by atomic mass is 10.2. The summed E-state index contributed by atoms with van der Waals surface area (Å²) in [6.45, 7) is 2.88. The van der Waals surface area contributed by atoms with Crippen LogP contribution in [0.25, 0.3) is 0 Å². The zero-order valence-electron chi connectivity index (χ0n) is 16.6. The quantitative estimate of drug-likeness (QED) is 0.321. The maximum absolute atomic E-state index is 12.5. The summed E-state index contributed by atoms with van der Waals surface area (Å²) in [5, 5.41) is 23.0. The van der Waals surface area contributed by atoms with Gasteiger partial charge in [-0.3, -0.25) is 14.9 Å². The highest BCUT2D eigenvalue weighted by atomic mass is 32.2. The SMILES string of the molecule is CCn1c(CNC(=O)c2ccc3c(c2)OCO3)nnc1SCc1ccccc1[N+](=O)[O-]. The monoisotopic (exact) mass is 441 g/mol. The van der Waals surface area contributed by atoms with E-state index in [1.165, 1.54) is 17.8 Å². The van der Waals surface area contributed by atoms with Gasteiger partial charge in [-0.05, 0) is 25.1 Å². The van der Waals surface area contributed by atoms with Crippen molar-refractivity contribution in [3.63, 3.8) is 0 Å². The third-order valence-electron chi connectivity index (χ3n) is 4.70. The lowest BCUT2D eigenvalue weighted by Crippen LogP contribution is -2.24. The molecule has 0 bridgehead atoms. The Morgan fingerprint density at radius 3 is 2.84 bits per heavy atom. The van der Waals surface area contributed by atoms with Crippen molar-refractivity contribution in [1.29, 1.82) is 0 Å². The highest BCUT2D eigenvalue weighted by molar-refractivity contribution is 7.98. The van der Waals surface area contributed by atoms with Crippen molar-refractivity contribution in [2.75, 3.05) is 6.79 Å². The number of nitrogens with one attached hydrogen (secondary N) is 1. The van der Waals surface area contributed by atoms with E-state index in [0.29, 0.717) is 45.9 Å². The van der Waals surface area contributed by atoms with Gasteiger partial charge in [0, 0.05) is 29.5 Å². The molecule has 4 rings (SSSR count). The molecule has 0 spiro atoms. The first-order valence-electron chi connectivity index (χ1n) is 9.52. The first-order valence-corrected chi connectivity index (χ1v) is 10.5. The number of fused-ring (bicyclic) bond motifs is 1. The van der Waals surface area contributed by atoms with E-state index in [4.69, 9.17) is 9.47 Å². The second kappa shape index (κ2) is 9.04. The maximum atomic E-state index is 12.5. The van der Waals surface area contributed by atoms with E-state index in [-0.39, 0.29) is 24.9 Å². The fraction of sp³-hybridized carbons (Fsp3) is 0.250. The zero-order valence-corrected chi connectivity index (χ0v) is 17.4. The highest BCUT2D eigenvalue weighted by Crippen LogP contribution is 2.32. The third-order valence-corrected chi connectivity index (χ3v) is 5.71. The molecule has 1 aromatic heterocycles. The van der Waals surface area contributed by atoms with Gasteiger partial charge in [0.05, 0.1) is 11.5 Å². The van der Waals surface area contributed by atoms with Gasteiger partial charge in [-0.15, -0.1) is 10.2 Å². The molecule has 11 heteroatoms. The van der Waals surface area contributed by atoms with Gasteiger partial charge in [-0.2, -0.15) is 0 Å². The van der Waals surface area contributed by atoms with E-state index in [2.05, 4.69) is 15.5 Å². The van der Waals surface area contributed by atoms with Crippen LogP contribution in [0.15, 0.2) is 47.6 Å². The lowest BCUT2D eigenvalue weighted by molar-refractivity contribution is -0.385. The average Bonchev–Trinajstić information content (AvgIpc) is 3.41. The number of benzene rings is 2. The van der Waals surface area contributed by atoms with Gasteiger partial charge in [0.1, 0.15) is 0 Å². The van der Waals surface area contributed by atoms with Gasteiger partial charge in [-0.1, -0.05) is 30.0 Å². The molecule has 0 fully saturated rings. The summed E-state index contributed by atoms with van der Waals surface area (Å²) in [4.78, 5) is 23.3. The van der Waals surface area contributed by atoms with E-state index in [1.54, 1.807) is 36.4 Å². The number of ether oxygens (including phenoxy) is 2. The first kappa shape index (κ1) is 20.7. The molecule has 1 aliphatic rings. The molecule has 2 aromatic carbocycles. The Balaban J connectivity index is 1.41. The first-order chi connectivity index (χ1) is 15.1. The van der Waals surface area contributed by atoms with Crippen LogP contribution in [0, 0.1) is 10.1 Å². The van der Waals surface area contributed by atoms with E-state index in [1.807, 2.05) is 11.5 Å². The fourth-order valence-corrected chi connectivity index (χ4v) is 4.14. The Hall–Kier alpha value is -3.60. The predicted octanol–water partition coefficient (Wildman–Crippen LogP) is 3.16.